The zero-order valence-corrected chi connectivity index (χ0v) is 10.2. The van der Waals surface area contributed by atoms with Crippen molar-refractivity contribution in [1.82, 2.24) is 0 Å². The fraction of sp³-hybridized carbons (Fsp3) is 0.500. The first-order chi connectivity index (χ1) is 7.44. The van der Waals surface area contributed by atoms with E-state index < -0.39 is 11.4 Å². The molecule has 0 amide bonds. The highest BCUT2D eigenvalue weighted by atomic mass is 35.5. The van der Waals surface area contributed by atoms with Crippen LogP contribution in [0, 0.1) is 5.82 Å². The normalized spacial score (nSPS) is 14.8. The molecule has 0 radical (unpaired) electrons. The lowest BCUT2D eigenvalue weighted by atomic mass is 9.97. The molecule has 0 bridgehead atoms. The van der Waals surface area contributed by atoms with Crippen LogP contribution in [0.25, 0.3) is 0 Å². The first-order valence-electron chi connectivity index (χ1n) is 5.18. The zero-order chi connectivity index (χ0) is 12.2. The van der Waals surface area contributed by atoms with Gasteiger partial charge in [-0.2, -0.15) is 0 Å². The van der Waals surface area contributed by atoms with Crippen LogP contribution in [0.15, 0.2) is 18.2 Å². The zero-order valence-electron chi connectivity index (χ0n) is 9.46. The Hall–Kier alpha value is -0.640. The van der Waals surface area contributed by atoms with Crippen LogP contribution in [-0.4, -0.2) is 23.9 Å². The number of hydrogen-bond donors (Lipinski definition) is 1. The standard InChI is InChI=1S/C12H16ClFO2/c1-3-16-8-12(2,15)7-9-4-5-11(14)10(13)6-9/h4-6,15H,3,7-8H2,1-2H3. The maximum absolute atomic E-state index is 12.9. The fourth-order valence-corrected chi connectivity index (χ4v) is 1.67. The number of hydrogen-bond acceptors (Lipinski definition) is 2. The van der Waals surface area contributed by atoms with Gasteiger partial charge < -0.3 is 9.84 Å². The van der Waals surface area contributed by atoms with Crippen molar-refractivity contribution in [3.8, 4) is 0 Å². The Balaban J connectivity index is 2.68. The first kappa shape index (κ1) is 13.4. The molecule has 0 aliphatic rings. The van der Waals surface area contributed by atoms with E-state index in [4.69, 9.17) is 16.3 Å². The summed E-state index contributed by atoms with van der Waals surface area (Å²) >= 11 is 5.66. The van der Waals surface area contributed by atoms with Crippen molar-refractivity contribution in [2.45, 2.75) is 25.9 Å². The Bertz CT molecular complexity index is 353. The van der Waals surface area contributed by atoms with Crippen LogP contribution in [0.4, 0.5) is 4.39 Å². The largest absolute Gasteiger partial charge is 0.387 e. The van der Waals surface area contributed by atoms with Crippen LogP contribution < -0.4 is 0 Å². The van der Waals surface area contributed by atoms with E-state index in [1.807, 2.05) is 6.92 Å². The molecule has 2 nitrogen and oxygen atoms in total. The van der Waals surface area contributed by atoms with E-state index >= 15 is 0 Å². The van der Waals surface area contributed by atoms with E-state index in [9.17, 15) is 9.50 Å². The number of halogens is 2. The molecule has 1 aromatic carbocycles. The van der Waals surface area contributed by atoms with Gasteiger partial charge in [0.05, 0.1) is 17.2 Å². The molecule has 0 spiro atoms. The minimum absolute atomic E-state index is 0.0738. The number of aliphatic hydroxyl groups is 1. The van der Waals surface area contributed by atoms with Crippen LogP contribution >= 0.6 is 11.6 Å². The molecule has 0 fully saturated rings. The van der Waals surface area contributed by atoms with Crippen molar-refractivity contribution >= 4 is 11.6 Å². The molecule has 16 heavy (non-hydrogen) atoms. The Labute approximate surface area is 100.0 Å². The monoisotopic (exact) mass is 246 g/mol. The molecular formula is C12H16ClFO2. The smallest absolute Gasteiger partial charge is 0.141 e. The first-order valence-corrected chi connectivity index (χ1v) is 5.56. The van der Waals surface area contributed by atoms with E-state index in [1.165, 1.54) is 12.1 Å². The molecule has 0 saturated carbocycles. The third-order valence-corrected chi connectivity index (χ3v) is 2.48. The summed E-state index contributed by atoms with van der Waals surface area (Å²) in [5.74, 6) is -0.449. The highest BCUT2D eigenvalue weighted by Crippen LogP contribution is 2.20. The van der Waals surface area contributed by atoms with Gasteiger partial charge in [0, 0.05) is 13.0 Å². The number of benzene rings is 1. The van der Waals surface area contributed by atoms with Crippen molar-refractivity contribution in [2.75, 3.05) is 13.2 Å². The Morgan fingerprint density at radius 1 is 1.50 bits per heavy atom. The molecule has 1 aromatic rings. The summed E-state index contributed by atoms with van der Waals surface area (Å²) in [5.41, 5.74) is -0.173. The molecule has 0 aliphatic heterocycles. The van der Waals surface area contributed by atoms with E-state index in [2.05, 4.69) is 0 Å². The molecule has 0 aromatic heterocycles. The summed E-state index contributed by atoms with van der Waals surface area (Å²) in [6, 6.07) is 4.44. The minimum atomic E-state index is -0.961. The second kappa shape index (κ2) is 5.62. The average Bonchev–Trinajstić information content (AvgIpc) is 2.20. The lowest BCUT2D eigenvalue weighted by Gasteiger charge is -2.23. The van der Waals surface area contributed by atoms with Gasteiger partial charge in [0.1, 0.15) is 5.82 Å². The molecule has 0 saturated heterocycles. The van der Waals surface area contributed by atoms with Gasteiger partial charge in [-0.1, -0.05) is 17.7 Å². The van der Waals surface area contributed by atoms with Gasteiger partial charge in [0.15, 0.2) is 0 Å². The maximum atomic E-state index is 12.9. The summed E-state index contributed by atoms with van der Waals surface area (Å²) in [4.78, 5) is 0. The Kier molecular flexibility index (Phi) is 4.71. The van der Waals surface area contributed by atoms with Crippen LogP contribution in [0.1, 0.15) is 19.4 Å². The van der Waals surface area contributed by atoms with Crippen molar-refractivity contribution in [1.29, 1.82) is 0 Å². The lowest BCUT2D eigenvalue weighted by Crippen LogP contribution is -2.33. The molecule has 0 heterocycles. The van der Waals surface area contributed by atoms with Gasteiger partial charge in [-0.15, -0.1) is 0 Å². The summed E-state index contributed by atoms with van der Waals surface area (Å²) in [6.07, 6.45) is 0.382. The average molecular weight is 247 g/mol. The van der Waals surface area contributed by atoms with E-state index in [0.29, 0.717) is 13.0 Å². The van der Waals surface area contributed by atoms with Gasteiger partial charge in [-0.25, -0.2) is 4.39 Å². The quantitative estimate of drug-likeness (QED) is 0.866. The third kappa shape index (κ3) is 4.08. The SMILES string of the molecule is CCOCC(C)(O)Cc1ccc(F)c(Cl)c1. The molecule has 90 valence electrons. The van der Waals surface area contributed by atoms with Gasteiger partial charge >= 0.3 is 0 Å². The van der Waals surface area contributed by atoms with E-state index in [-0.39, 0.29) is 11.6 Å². The second-order valence-electron chi connectivity index (χ2n) is 4.06. The predicted molar refractivity (Wildman–Crippen MR) is 62.2 cm³/mol. The molecule has 1 unspecified atom stereocenters. The molecule has 1 rings (SSSR count). The predicted octanol–water partition coefficient (Wildman–Crippen LogP) is 2.81. The van der Waals surface area contributed by atoms with Crippen LogP contribution in [0.2, 0.25) is 5.02 Å². The van der Waals surface area contributed by atoms with Crippen LogP contribution in [-0.2, 0) is 11.2 Å². The Morgan fingerprint density at radius 3 is 2.75 bits per heavy atom. The summed E-state index contributed by atoms with van der Waals surface area (Å²) in [7, 11) is 0. The summed E-state index contributed by atoms with van der Waals surface area (Å²) in [6.45, 7) is 4.35. The topological polar surface area (TPSA) is 29.5 Å². The fourth-order valence-electron chi connectivity index (χ4n) is 1.46. The van der Waals surface area contributed by atoms with Crippen molar-refractivity contribution < 1.29 is 14.2 Å². The van der Waals surface area contributed by atoms with Crippen molar-refractivity contribution in [2.24, 2.45) is 0 Å². The highest BCUT2D eigenvalue weighted by Gasteiger charge is 2.21. The molecule has 1 N–H and O–H groups in total. The van der Waals surface area contributed by atoms with Crippen molar-refractivity contribution in [3.63, 3.8) is 0 Å². The lowest BCUT2D eigenvalue weighted by molar-refractivity contribution is -0.0296. The third-order valence-electron chi connectivity index (χ3n) is 2.19. The van der Waals surface area contributed by atoms with Gasteiger partial charge in [-0.05, 0) is 31.5 Å². The number of rotatable bonds is 5. The van der Waals surface area contributed by atoms with Crippen molar-refractivity contribution in [3.05, 3.63) is 34.6 Å². The molecule has 1 atom stereocenters. The highest BCUT2D eigenvalue weighted by molar-refractivity contribution is 6.30. The molecular weight excluding hydrogens is 231 g/mol. The van der Waals surface area contributed by atoms with Crippen LogP contribution in [0.5, 0.6) is 0 Å². The second-order valence-corrected chi connectivity index (χ2v) is 4.47. The van der Waals surface area contributed by atoms with Gasteiger partial charge in [-0.3, -0.25) is 0 Å². The van der Waals surface area contributed by atoms with E-state index in [0.717, 1.165) is 5.56 Å². The minimum Gasteiger partial charge on any atom is -0.387 e. The Morgan fingerprint density at radius 2 is 2.19 bits per heavy atom. The maximum Gasteiger partial charge on any atom is 0.141 e. The van der Waals surface area contributed by atoms with E-state index in [1.54, 1.807) is 13.0 Å². The molecule has 4 heteroatoms. The summed E-state index contributed by atoms with van der Waals surface area (Å²) < 4.78 is 18.1. The van der Waals surface area contributed by atoms with Gasteiger partial charge in [0.2, 0.25) is 0 Å². The van der Waals surface area contributed by atoms with Gasteiger partial charge in [0.25, 0.3) is 0 Å². The van der Waals surface area contributed by atoms with Crippen LogP contribution in [0.3, 0.4) is 0 Å². The number of ether oxygens (including phenoxy) is 1. The summed E-state index contributed by atoms with van der Waals surface area (Å²) in [5, 5.41) is 10.1. The molecule has 0 aliphatic carbocycles.